The fraction of sp³-hybridized carbons (Fsp3) is 1.00. The van der Waals surface area contributed by atoms with E-state index in [9.17, 15) is 0 Å². The van der Waals surface area contributed by atoms with E-state index in [1.165, 1.54) is 0 Å². The Bertz CT molecular complexity index is 326. The van der Waals surface area contributed by atoms with Gasteiger partial charge in [0.15, 0.2) is 16.6 Å². The third-order valence-electron chi connectivity index (χ3n) is 2.86. The number of hydrogen-bond donors (Lipinski definition) is 0. The Morgan fingerprint density at radius 1 is 0.550 bits per heavy atom. The van der Waals surface area contributed by atoms with Crippen molar-refractivity contribution in [2.45, 2.75) is 84.7 Å². The van der Waals surface area contributed by atoms with Crippen LogP contribution < -0.4 is 0 Å². The molecule has 0 aliphatic carbocycles. The smallest absolute Gasteiger partial charge is 0.321 e. The zero-order chi connectivity index (χ0) is 16.6. The molecule has 0 aromatic heterocycles. The van der Waals surface area contributed by atoms with Gasteiger partial charge in [0.05, 0.1) is 0 Å². The highest BCUT2D eigenvalue weighted by atomic mass is 28.5. The average molecular weight is 353 g/mol. The molecule has 0 heterocycles. The quantitative estimate of drug-likeness (QED) is 0.609. The largest absolute Gasteiger partial charge is 0.437 e. The van der Waals surface area contributed by atoms with Gasteiger partial charge in [-0.1, -0.05) is 20.8 Å². The highest BCUT2D eigenvalue weighted by Gasteiger charge is 2.51. The van der Waals surface area contributed by atoms with E-state index < -0.39 is 33.8 Å². The van der Waals surface area contributed by atoms with Gasteiger partial charge in [-0.25, -0.2) is 0 Å². The minimum Gasteiger partial charge on any atom is -0.437 e. The summed E-state index contributed by atoms with van der Waals surface area (Å²) in [5.41, 5.74) is 0. The summed E-state index contributed by atoms with van der Waals surface area (Å²) in [7, 11) is -7.71. The Labute approximate surface area is 131 Å². The molecule has 0 rings (SSSR count). The fourth-order valence-electron chi connectivity index (χ4n) is 2.14. The lowest BCUT2D eigenvalue weighted by atomic mass is 10.3. The summed E-state index contributed by atoms with van der Waals surface area (Å²) < 4.78 is 19.6. The van der Waals surface area contributed by atoms with Crippen LogP contribution in [0.15, 0.2) is 0 Å². The van der Waals surface area contributed by atoms with Gasteiger partial charge in [0.2, 0.25) is 0 Å². The van der Waals surface area contributed by atoms with Crippen molar-refractivity contribution in [3.8, 4) is 0 Å². The molecule has 20 heavy (non-hydrogen) atoms. The molecule has 0 N–H and O–H groups in total. The molecule has 0 aliphatic rings. The Hall–Kier alpha value is 0.748. The van der Waals surface area contributed by atoms with Gasteiger partial charge in [-0.3, -0.25) is 0 Å². The van der Waals surface area contributed by atoms with Crippen molar-refractivity contribution in [3.63, 3.8) is 0 Å². The van der Waals surface area contributed by atoms with Gasteiger partial charge < -0.3 is 12.3 Å². The molecule has 122 valence electrons. The van der Waals surface area contributed by atoms with Crippen molar-refractivity contribution >= 4 is 33.8 Å². The van der Waals surface area contributed by atoms with E-state index in [-0.39, 0.29) is 5.04 Å². The predicted octanol–water partition coefficient (Wildman–Crippen LogP) is 5.28. The summed E-state index contributed by atoms with van der Waals surface area (Å²) >= 11 is 0. The summed E-state index contributed by atoms with van der Waals surface area (Å²) in [4.78, 5) is 0. The third kappa shape index (κ3) is 7.67. The lowest BCUT2D eigenvalue weighted by Gasteiger charge is -2.47. The van der Waals surface area contributed by atoms with Crippen molar-refractivity contribution in [2.24, 2.45) is 0 Å². The highest BCUT2D eigenvalue weighted by Crippen LogP contribution is 2.41. The molecule has 0 aromatic rings. The lowest BCUT2D eigenvalue weighted by Crippen LogP contribution is -2.60. The molecule has 0 aliphatic heterocycles. The van der Waals surface area contributed by atoms with Crippen LogP contribution in [0, 0.1) is 0 Å². The van der Waals surface area contributed by atoms with Crippen LogP contribution in [0.2, 0.25) is 64.0 Å². The zero-order valence-electron chi connectivity index (χ0n) is 15.7. The normalized spacial score (nSPS) is 18.0. The first kappa shape index (κ1) is 20.7. The molecular formula is C13H36O3Si4. The van der Waals surface area contributed by atoms with Crippen molar-refractivity contribution in [3.05, 3.63) is 0 Å². The second-order valence-corrected chi connectivity index (χ2v) is 26.2. The van der Waals surface area contributed by atoms with E-state index in [1.807, 2.05) is 0 Å². The molecule has 7 heteroatoms. The molecule has 1 unspecified atom stereocenters. The monoisotopic (exact) mass is 352 g/mol. The zero-order valence-corrected chi connectivity index (χ0v) is 19.7. The maximum Gasteiger partial charge on any atom is 0.321 e. The average Bonchev–Trinajstić information content (AvgIpc) is 1.88. The molecule has 0 saturated heterocycles. The molecule has 1 atom stereocenters. The summed E-state index contributed by atoms with van der Waals surface area (Å²) in [6.45, 7) is 26.6. The van der Waals surface area contributed by atoms with Gasteiger partial charge in [0.25, 0.3) is 0 Å². The Morgan fingerprint density at radius 2 is 0.900 bits per heavy atom. The van der Waals surface area contributed by atoms with Crippen LogP contribution >= 0.6 is 0 Å². The van der Waals surface area contributed by atoms with Crippen molar-refractivity contribution < 1.29 is 12.3 Å². The van der Waals surface area contributed by atoms with Gasteiger partial charge in [-0.05, 0) is 58.9 Å². The molecular weight excluding hydrogens is 316 g/mol. The molecule has 0 aromatic carbocycles. The first-order valence-electron chi connectivity index (χ1n) is 7.47. The maximum atomic E-state index is 6.64. The van der Waals surface area contributed by atoms with Gasteiger partial charge in [0, 0.05) is 5.04 Å². The molecule has 0 saturated carbocycles. The standard InChI is InChI=1S/C13H36O3Si4/c1-13(2,3)20(12,15-18(7,8)9)16-19(10,11)14-17(4,5)6/h1-12H3. The fourth-order valence-corrected chi connectivity index (χ4v) is 20.0. The van der Waals surface area contributed by atoms with Crippen molar-refractivity contribution in [1.82, 2.24) is 0 Å². The van der Waals surface area contributed by atoms with Gasteiger partial charge in [-0.15, -0.1) is 0 Å². The second kappa shape index (κ2) is 6.09. The maximum absolute atomic E-state index is 6.64. The van der Waals surface area contributed by atoms with Crippen molar-refractivity contribution in [1.29, 1.82) is 0 Å². The van der Waals surface area contributed by atoms with E-state index in [4.69, 9.17) is 12.3 Å². The van der Waals surface area contributed by atoms with Gasteiger partial charge >= 0.3 is 17.1 Å². The van der Waals surface area contributed by atoms with Crippen LogP contribution in [0.1, 0.15) is 20.8 Å². The molecule has 0 fully saturated rings. The minimum atomic E-state index is -2.30. The Kier molecular flexibility index (Phi) is 6.32. The van der Waals surface area contributed by atoms with E-state index in [1.54, 1.807) is 0 Å². The van der Waals surface area contributed by atoms with Gasteiger partial charge in [-0.2, -0.15) is 0 Å². The van der Waals surface area contributed by atoms with Gasteiger partial charge in [0.1, 0.15) is 0 Å². The van der Waals surface area contributed by atoms with Crippen LogP contribution in [0.3, 0.4) is 0 Å². The second-order valence-electron chi connectivity index (χ2n) is 9.13. The molecule has 0 amide bonds. The Morgan fingerprint density at radius 3 is 1.15 bits per heavy atom. The Balaban J connectivity index is 5.29. The highest BCUT2D eigenvalue weighted by molar-refractivity contribution is 6.90. The summed E-state index contributed by atoms with van der Waals surface area (Å²) in [5, 5.41) is 0.0420. The van der Waals surface area contributed by atoms with Crippen LogP contribution in [-0.2, 0) is 12.3 Å². The van der Waals surface area contributed by atoms with Crippen LogP contribution in [0.5, 0.6) is 0 Å². The van der Waals surface area contributed by atoms with Crippen molar-refractivity contribution in [2.75, 3.05) is 0 Å². The topological polar surface area (TPSA) is 27.7 Å². The number of hydrogen-bond acceptors (Lipinski definition) is 3. The summed E-state index contributed by atoms with van der Waals surface area (Å²) in [5.74, 6) is 0. The van der Waals surface area contributed by atoms with E-state index in [0.717, 1.165) is 0 Å². The summed E-state index contributed by atoms with van der Waals surface area (Å²) in [6, 6.07) is 0. The minimum absolute atomic E-state index is 0.0420. The SMILES string of the molecule is CC(C)(C)[Si](C)(O[Si](C)(C)C)O[Si](C)(C)O[Si](C)(C)C. The van der Waals surface area contributed by atoms with E-state index >= 15 is 0 Å². The number of rotatable bonds is 6. The third-order valence-corrected chi connectivity index (χ3v) is 17.5. The van der Waals surface area contributed by atoms with E-state index in [0.29, 0.717) is 0 Å². The molecule has 3 nitrogen and oxygen atoms in total. The molecule has 0 bridgehead atoms. The van der Waals surface area contributed by atoms with E-state index in [2.05, 4.69) is 79.7 Å². The van der Waals surface area contributed by atoms with Crippen LogP contribution in [-0.4, -0.2) is 33.8 Å². The summed E-state index contributed by atoms with van der Waals surface area (Å²) in [6.07, 6.45) is 0. The van der Waals surface area contributed by atoms with Crippen LogP contribution in [0.25, 0.3) is 0 Å². The predicted molar refractivity (Wildman–Crippen MR) is 98.8 cm³/mol. The molecule has 0 radical (unpaired) electrons. The first-order valence-corrected chi connectivity index (χ1v) is 19.4. The lowest BCUT2D eigenvalue weighted by molar-refractivity contribution is 0.295. The molecule has 0 spiro atoms. The van der Waals surface area contributed by atoms with Crippen LogP contribution in [0.4, 0.5) is 0 Å². The first-order chi connectivity index (χ1) is 8.37.